The molecule has 2 amide bonds. The van der Waals surface area contributed by atoms with E-state index in [9.17, 15) is 14.7 Å². The molecule has 3 N–H and O–H groups in total. The molecule has 6 nitrogen and oxygen atoms in total. The lowest BCUT2D eigenvalue weighted by Crippen LogP contribution is -2.25. The van der Waals surface area contributed by atoms with E-state index in [-0.39, 0.29) is 24.2 Å². The van der Waals surface area contributed by atoms with E-state index in [0.717, 1.165) is 0 Å². The van der Waals surface area contributed by atoms with Crippen LogP contribution in [0.5, 0.6) is 11.5 Å². The number of aromatic hydroxyl groups is 1. The Morgan fingerprint density at radius 3 is 2.90 bits per heavy atom. The molecule has 0 saturated heterocycles. The van der Waals surface area contributed by atoms with Crippen LogP contribution in [0.2, 0.25) is 0 Å². The molecule has 1 aliphatic rings. The Hall–Kier alpha value is -3.02. The monoisotopic (exact) mass is 284 g/mol. The first-order valence-electron chi connectivity index (χ1n) is 6.29. The summed E-state index contributed by atoms with van der Waals surface area (Å²) in [6.07, 6.45) is 0. The minimum absolute atomic E-state index is 0.0649. The number of anilines is 2. The smallest absolute Gasteiger partial charge is 0.262 e. The van der Waals surface area contributed by atoms with Crippen LogP contribution < -0.4 is 15.4 Å². The van der Waals surface area contributed by atoms with Crippen molar-refractivity contribution in [2.75, 3.05) is 17.2 Å². The normalized spacial score (nSPS) is 12.9. The molecule has 0 unspecified atom stereocenters. The van der Waals surface area contributed by atoms with Crippen LogP contribution in [-0.2, 0) is 4.79 Å². The summed E-state index contributed by atoms with van der Waals surface area (Å²) in [7, 11) is 0. The molecule has 3 rings (SSSR count). The fraction of sp³-hybridized carbons (Fsp3) is 0.0667. The molecule has 0 saturated carbocycles. The van der Waals surface area contributed by atoms with Gasteiger partial charge in [-0.1, -0.05) is 6.07 Å². The van der Waals surface area contributed by atoms with E-state index in [1.54, 1.807) is 30.3 Å². The van der Waals surface area contributed by atoms with E-state index >= 15 is 0 Å². The lowest BCUT2D eigenvalue weighted by molar-refractivity contribution is -0.118. The Morgan fingerprint density at radius 2 is 2.10 bits per heavy atom. The maximum absolute atomic E-state index is 12.1. The van der Waals surface area contributed by atoms with Gasteiger partial charge in [-0.05, 0) is 30.3 Å². The third-order valence-corrected chi connectivity index (χ3v) is 2.98. The van der Waals surface area contributed by atoms with E-state index in [2.05, 4.69) is 10.6 Å². The van der Waals surface area contributed by atoms with E-state index in [0.29, 0.717) is 22.7 Å². The maximum atomic E-state index is 12.1. The van der Waals surface area contributed by atoms with E-state index in [1.165, 1.54) is 12.1 Å². The van der Waals surface area contributed by atoms with Crippen LogP contribution >= 0.6 is 0 Å². The molecular weight excluding hydrogens is 272 g/mol. The summed E-state index contributed by atoms with van der Waals surface area (Å²) in [6, 6.07) is 11.0. The van der Waals surface area contributed by atoms with Gasteiger partial charge in [0.1, 0.15) is 11.5 Å². The summed E-state index contributed by atoms with van der Waals surface area (Å²) in [6.45, 7) is -0.0649. The second-order valence-corrected chi connectivity index (χ2v) is 4.55. The minimum Gasteiger partial charge on any atom is -0.508 e. The molecule has 21 heavy (non-hydrogen) atoms. The third kappa shape index (κ3) is 2.79. The second kappa shape index (κ2) is 5.16. The highest BCUT2D eigenvalue weighted by Crippen LogP contribution is 2.28. The zero-order valence-electron chi connectivity index (χ0n) is 10.9. The maximum Gasteiger partial charge on any atom is 0.262 e. The predicted octanol–water partition coefficient (Wildman–Crippen LogP) is 1.98. The van der Waals surface area contributed by atoms with Gasteiger partial charge >= 0.3 is 0 Å². The minimum atomic E-state index is -0.330. The van der Waals surface area contributed by atoms with Gasteiger partial charge in [-0.3, -0.25) is 9.59 Å². The van der Waals surface area contributed by atoms with Gasteiger partial charge in [-0.15, -0.1) is 0 Å². The highest BCUT2D eigenvalue weighted by atomic mass is 16.5. The molecule has 1 heterocycles. The fourth-order valence-electron chi connectivity index (χ4n) is 2.00. The summed E-state index contributed by atoms with van der Waals surface area (Å²) in [5.41, 5.74) is 1.43. The van der Waals surface area contributed by atoms with Crippen molar-refractivity contribution in [3.8, 4) is 11.5 Å². The topological polar surface area (TPSA) is 87.7 Å². The first-order chi connectivity index (χ1) is 10.1. The van der Waals surface area contributed by atoms with Crippen molar-refractivity contribution >= 4 is 23.2 Å². The molecule has 2 aromatic carbocycles. The number of rotatable bonds is 2. The number of phenolic OH excluding ortho intramolecular Hbond substituents is 1. The molecule has 0 aromatic heterocycles. The average molecular weight is 284 g/mol. The van der Waals surface area contributed by atoms with Gasteiger partial charge in [0, 0.05) is 17.3 Å². The van der Waals surface area contributed by atoms with Gasteiger partial charge in [0.2, 0.25) is 0 Å². The molecule has 6 heteroatoms. The number of amides is 2. The molecule has 0 spiro atoms. The molecular formula is C15H12N2O4. The Balaban J connectivity index is 1.81. The summed E-state index contributed by atoms with van der Waals surface area (Å²) in [4.78, 5) is 23.3. The number of fused-ring (bicyclic) bond motifs is 1. The lowest BCUT2D eigenvalue weighted by atomic mass is 10.1. The van der Waals surface area contributed by atoms with Crippen molar-refractivity contribution in [2.24, 2.45) is 0 Å². The second-order valence-electron chi connectivity index (χ2n) is 4.55. The molecule has 0 aliphatic carbocycles. The molecule has 2 aromatic rings. The number of benzene rings is 2. The Morgan fingerprint density at radius 1 is 1.24 bits per heavy atom. The van der Waals surface area contributed by atoms with Gasteiger partial charge in [-0.2, -0.15) is 0 Å². The van der Waals surface area contributed by atoms with Crippen LogP contribution in [0, 0.1) is 0 Å². The van der Waals surface area contributed by atoms with Crippen LogP contribution in [0.1, 0.15) is 10.4 Å². The molecule has 106 valence electrons. The average Bonchev–Trinajstić information content (AvgIpc) is 2.46. The van der Waals surface area contributed by atoms with Crippen molar-refractivity contribution in [1.82, 2.24) is 0 Å². The van der Waals surface area contributed by atoms with Crippen LogP contribution in [0.15, 0.2) is 42.5 Å². The van der Waals surface area contributed by atoms with Gasteiger partial charge in [0.05, 0.1) is 5.69 Å². The van der Waals surface area contributed by atoms with Crippen LogP contribution in [0.3, 0.4) is 0 Å². The SMILES string of the molecule is O=C1COc2cc(C(=O)Nc3cccc(O)c3)ccc2N1. The van der Waals surface area contributed by atoms with Crippen LogP contribution in [0.4, 0.5) is 11.4 Å². The fourth-order valence-corrected chi connectivity index (χ4v) is 2.00. The zero-order chi connectivity index (χ0) is 14.8. The number of carbonyl (C=O) groups is 2. The first-order valence-corrected chi connectivity index (χ1v) is 6.29. The zero-order valence-corrected chi connectivity index (χ0v) is 10.9. The Kier molecular flexibility index (Phi) is 3.19. The standard InChI is InChI=1S/C15H12N2O4/c18-11-3-1-2-10(7-11)16-15(20)9-4-5-12-13(6-9)21-8-14(19)17-12/h1-7,18H,8H2,(H,16,20)(H,17,19). The number of phenols is 1. The summed E-state index contributed by atoms with van der Waals surface area (Å²) >= 11 is 0. The molecule has 1 aliphatic heterocycles. The third-order valence-electron chi connectivity index (χ3n) is 2.98. The van der Waals surface area contributed by atoms with Gasteiger partial charge in [0.15, 0.2) is 6.61 Å². The summed E-state index contributed by atoms with van der Waals surface area (Å²) in [5.74, 6) is -0.0224. The van der Waals surface area contributed by atoms with E-state index < -0.39 is 0 Å². The number of carbonyl (C=O) groups excluding carboxylic acids is 2. The number of hydrogen-bond acceptors (Lipinski definition) is 4. The molecule has 0 radical (unpaired) electrons. The van der Waals surface area contributed by atoms with Crippen molar-refractivity contribution < 1.29 is 19.4 Å². The molecule has 0 bridgehead atoms. The van der Waals surface area contributed by atoms with E-state index in [4.69, 9.17) is 4.74 Å². The summed E-state index contributed by atoms with van der Waals surface area (Å²) < 4.78 is 5.26. The first kappa shape index (κ1) is 13.0. The lowest BCUT2D eigenvalue weighted by Gasteiger charge is -2.18. The van der Waals surface area contributed by atoms with Gasteiger partial charge in [-0.25, -0.2) is 0 Å². The summed E-state index contributed by atoms with van der Waals surface area (Å²) in [5, 5.41) is 14.7. The van der Waals surface area contributed by atoms with Crippen molar-refractivity contribution in [2.45, 2.75) is 0 Å². The Labute approximate surface area is 120 Å². The van der Waals surface area contributed by atoms with Crippen molar-refractivity contribution in [3.05, 3.63) is 48.0 Å². The van der Waals surface area contributed by atoms with E-state index in [1.807, 2.05) is 0 Å². The van der Waals surface area contributed by atoms with Crippen LogP contribution in [-0.4, -0.2) is 23.5 Å². The number of hydrogen-bond donors (Lipinski definition) is 3. The number of nitrogens with one attached hydrogen (secondary N) is 2. The number of ether oxygens (including phenoxy) is 1. The van der Waals surface area contributed by atoms with Crippen molar-refractivity contribution in [1.29, 1.82) is 0 Å². The Bertz CT molecular complexity index is 727. The molecule has 0 atom stereocenters. The predicted molar refractivity (Wildman–Crippen MR) is 76.6 cm³/mol. The van der Waals surface area contributed by atoms with Gasteiger partial charge in [0.25, 0.3) is 11.8 Å². The largest absolute Gasteiger partial charge is 0.508 e. The molecule has 0 fully saturated rings. The van der Waals surface area contributed by atoms with Crippen molar-refractivity contribution in [3.63, 3.8) is 0 Å². The van der Waals surface area contributed by atoms with Crippen LogP contribution in [0.25, 0.3) is 0 Å². The highest BCUT2D eigenvalue weighted by Gasteiger charge is 2.17. The van der Waals surface area contributed by atoms with Gasteiger partial charge < -0.3 is 20.5 Å². The quantitative estimate of drug-likeness (QED) is 0.786. The highest BCUT2D eigenvalue weighted by molar-refractivity contribution is 6.05.